The van der Waals surface area contributed by atoms with Gasteiger partial charge >= 0.3 is 0 Å². The number of alkyl halides is 2. The number of hydrogen-bond donors (Lipinski definition) is 0. The zero-order chi connectivity index (χ0) is 6.85. The van der Waals surface area contributed by atoms with Crippen LogP contribution in [0.3, 0.4) is 0 Å². The first-order valence-electron chi connectivity index (χ1n) is 3.46. The lowest BCUT2D eigenvalue weighted by Crippen LogP contribution is -2.22. The van der Waals surface area contributed by atoms with Crippen LogP contribution < -0.4 is 0 Å². The highest BCUT2D eigenvalue weighted by atomic mass is 19.1. The largest absolute Gasteiger partial charge is 0.412 e. The van der Waals surface area contributed by atoms with Crippen LogP contribution >= 0.6 is 0 Å². The molecule has 0 aromatic carbocycles. The third kappa shape index (κ3) is 2.60. The molecule has 62 valence electrons. The van der Waals surface area contributed by atoms with Crippen molar-refractivity contribution in [2.75, 3.05) is 0 Å². The Morgan fingerprint density at radius 1 is 1.00 bits per heavy atom. The van der Waals surface area contributed by atoms with Crippen LogP contribution in [-0.4, -0.2) is 17.8 Å². The second-order valence-corrected chi connectivity index (χ2v) is 3.01. The van der Waals surface area contributed by atoms with E-state index < -0.39 is 12.3 Å². The molecule has 1 nitrogen and oxygen atoms in total. The molecule has 0 bridgehead atoms. The maximum atomic E-state index is 12.4. The lowest BCUT2D eigenvalue weighted by Gasteiger charge is -2.23. The van der Waals surface area contributed by atoms with Crippen LogP contribution in [-0.2, 0) is 0 Å². The highest BCUT2D eigenvalue weighted by Crippen LogP contribution is 2.27. The molecular formula is C7H14F2O. The second-order valence-electron chi connectivity index (χ2n) is 3.01. The van der Waals surface area contributed by atoms with Gasteiger partial charge in [0.05, 0.1) is 0 Å². The van der Waals surface area contributed by atoms with Crippen molar-refractivity contribution in [1.82, 2.24) is 0 Å². The van der Waals surface area contributed by atoms with Crippen LogP contribution in [0.25, 0.3) is 0 Å². The van der Waals surface area contributed by atoms with Gasteiger partial charge in [0, 0.05) is 6.42 Å². The smallest absolute Gasteiger partial charge is 0.103 e. The quantitative estimate of drug-likeness (QED) is 0.505. The fraction of sp³-hybridized carbons (Fsp3) is 1.00. The van der Waals surface area contributed by atoms with Crippen LogP contribution in [0.2, 0.25) is 0 Å². The minimum absolute atomic E-state index is 0. The van der Waals surface area contributed by atoms with Gasteiger partial charge in [-0.25, -0.2) is 8.78 Å². The molecule has 0 spiro atoms. The summed E-state index contributed by atoms with van der Waals surface area (Å²) in [6.45, 7) is 1.90. The summed E-state index contributed by atoms with van der Waals surface area (Å²) in [5, 5.41) is 0. The summed E-state index contributed by atoms with van der Waals surface area (Å²) < 4.78 is 24.9. The van der Waals surface area contributed by atoms with Crippen LogP contribution in [0, 0.1) is 5.92 Å². The van der Waals surface area contributed by atoms with E-state index >= 15 is 0 Å². The topological polar surface area (TPSA) is 31.5 Å². The Hall–Kier alpha value is -0.180. The predicted molar refractivity (Wildman–Crippen MR) is 36.4 cm³/mol. The van der Waals surface area contributed by atoms with E-state index in [9.17, 15) is 8.78 Å². The third-order valence-corrected chi connectivity index (χ3v) is 1.83. The fourth-order valence-corrected chi connectivity index (χ4v) is 1.44. The van der Waals surface area contributed by atoms with Crippen LogP contribution in [0.5, 0.6) is 0 Å². The Labute approximate surface area is 59.7 Å². The highest BCUT2D eigenvalue weighted by molar-refractivity contribution is 4.75. The molecule has 0 saturated heterocycles. The minimum atomic E-state index is -0.885. The number of hydrogen-bond acceptors (Lipinski definition) is 0. The summed E-state index contributed by atoms with van der Waals surface area (Å²) in [7, 11) is 0. The molecule has 1 saturated carbocycles. The predicted octanol–water partition coefficient (Wildman–Crippen LogP) is 1.66. The summed E-state index contributed by atoms with van der Waals surface area (Å²) in [6, 6.07) is 0. The SMILES string of the molecule is CC1CC(F)CC(F)C1.O. The van der Waals surface area contributed by atoms with E-state index in [1.807, 2.05) is 6.92 Å². The summed E-state index contributed by atoms with van der Waals surface area (Å²) in [4.78, 5) is 0. The van der Waals surface area contributed by atoms with Gasteiger partial charge in [0.25, 0.3) is 0 Å². The molecule has 1 aliphatic carbocycles. The lowest BCUT2D eigenvalue weighted by molar-refractivity contribution is 0.123. The lowest BCUT2D eigenvalue weighted by atomic mass is 9.88. The van der Waals surface area contributed by atoms with E-state index in [1.54, 1.807) is 0 Å². The zero-order valence-electron chi connectivity index (χ0n) is 6.11. The molecule has 0 aromatic rings. The Kier molecular flexibility index (Phi) is 3.79. The average molecular weight is 152 g/mol. The van der Waals surface area contributed by atoms with Crippen molar-refractivity contribution in [1.29, 1.82) is 0 Å². The molecule has 2 N–H and O–H groups in total. The third-order valence-electron chi connectivity index (χ3n) is 1.83. The molecular weight excluding hydrogens is 138 g/mol. The van der Waals surface area contributed by atoms with Crippen molar-refractivity contribution in [3.63, 3.8) is 0 Å². The standard InChI is InChI=1S/C7H12F2.H2O/c1-5-2-6(8)4-7(9)3-5;/h5-7H,2-4H2,1H3;1H2. The minimum Gasteiger partial charge on any atom is -0.412 e. The Morgan fingerprint density at radius 3 is 1.70 bits per heavy atom. The van der Waals surface area contributed by atoms with Gasteiger partial charge in [-0.2, -0.15) is 0 Å². The second kappa shape index (κ2) is 3.86. The number of rotatable bonds is 0. The Balaban J connectivity index is 0.000000810. The zero-order valence-corrected chi connectivity index (χ0v) is 6.11. The summed E-state index contributed by atoms with van der Waals surface area (Å²) in [6.07, 6.45) is -0.530. The van der Waals surface area contributed by atoms with Crippen molar-refractivity contribution < 1.29 is 14.3 Å². The molecule has 0 aliphatic heterocycles. The Morgan fingerprint density at radius 2 is 1.40 bits per heavy atom. The maximum absolute atomic E-state index is 12.4. The van der Waals surface area contributed by atoms with Gasteiger partial charge in [0.1, 0.15) is 12.3 Å². The molecule has 1 aliphatic rings. The molecule has 2 unspecified atom stereocenters. The molecule has 0 amide bonds. The first-order valence-corrected chi connectivity index (χ1v) is 3.46. The van der Waals surface area contributed by atoms with E-state index in [4.69, 9.17) is 0 Å². The van der Waals surface area contributed by atoms with Gasteiger partial charge in [0.2, 0.25) is 0 Å². The molecule has 3 heteroatoms. The summed E-state index contributed by atoms with van der Waals surface area (Å²) in [5.41, 5.74) is 0. The molecule has 1 rings (SSSR count). The van der Waals surface area contributed by atoms with E-state index in [0.717, 1.165) is 0 Å². The average Bonchev–Trinajstić information content (AvgIpc) is 1.59. The molecule has 0 aromatic heterocycles. The van der Waals surface area contributed by atoms with Gasteiger partial charge in [-0.15, -0.1) is 0 Å². The van der Waals surface area contributed by atoms with Gasteiger partial charge in [-0.05, 0) is 18.8 Å². The van der Waals surface area contributed by atoms with Crippen molar-refractivity contribution in [2.45, 2.75) is 38.5 Å². The molecule has 0 radical (unpaired) electrons. The molecule has 1 fully saturated rings. The van der Waals surface area contributed by atoms with E-state index in [-0.39, 0.29) is 17.8 Å². The monoisotopic (exact) mass is 152 g/mol. The number of halogens is 2. The Bertz CT molecular complexity index is 72.6. The van der Waals surface area contributed by atoms with E-state index in [2.05, 4.69) is 0 Å². The van der Waals surface area contributed by atoms with Crippen LogP contribution in [0.4, 0.5) is 8.78 Å². The highest BCUT2D eigenvalue weighted by Gasteiger charge is 2.25. The van der Waals surface area contributed by atoms with Gasteiger partial charge in [-0.1, -0.05) is 6.92 Å². The molecule has 0 heterocycles. The van der Waals surface area contributed by atoms with Gasteiger partial charge in [-0.3, -0.25) is 0 Å². The van der Waals surface area contributed by atoms with Gasteiger partial charge < -0.3 is 5.48 Å². The van der Waals surface area contributed by atoms with Crippen molar-refractivity contribution in [3.05, 3.63) is 0 Å². The molecule has 10 heavy (non-hydrogen) atoms. The van der Waals surface area contributed by atoms with Crippen molar-refractivity contribution in [3.8, 4) is 0 Å². The van der Waals surface area contributed by atoms with Crippen molar-refractivity contribution >= 4 is 0 Å². The van der Waals surface area contributed by atoms with Crippen LogP contribution in [0.15, 0.2) is 0 Å². The summed E-state index contributed by atoms with van der Waals surface area (Å²) in [5.74, 6) is 0.240. The first kappa shape index (κ1) is 9.82. The fourth-order valence-electron chi connectivity index (χ4n) is 1.44. The maximum Gasteiger partial charge on any atom is 0.103 e. The normalized spacial score (nSPS) is 40.5. The van der Waals surface area contributed by atoms with Gasteiger partial charge in [0.15, 0.2) is 0 Å². The first-order chi connectivity index (χ1) is 4.18. The van der Waals surface area contributed by atoms with Crippen LogP contribution in [0.1, 0.15) is 26.2 Å². The summed E-state index contributed by atoms with van der Waals surface area (Å²) >= 11 is 0. The van der Waals surface area contributed by atoms with Crippen molar-refractivity contribution in [2.24, 2.45) is 5.92 Å². The van der Waals surface area contributed by atoms with E-state index in [1.165, 1.54) is 0 Å². The molecule has 2 atom stereocenters. The van der Waals surface area contributed by atoms with E-state index in [0.29, 0.717) is 12.8 Å².